The Morgan fingerprint density at radius 1 is 1.50 bits per heavy atom. The van der Waals surface area contributed by atoms with Crippen molar-refractivity contribution >= 4 is 15.9 Å². The molecule has 0 aromatic carbocycles. The van der Waals surface area contributed by atoms with Crippen LogP contribution >= 0.6 is 0 Å². The summed E-state index contributed by atoms with van der Waals surface area (Å²) in [6, 6.07) is 0. The first kappa shape index (κ1) is 9.47. The minimum absolute atomic E-state index is 0.0728. The number of halogens is 2. The second-order valence-electron chi connectivity index (χ2n) is 5.46. The monoisotopic (exact) mass is 249 g/mol. The third-order valence-electron chi connectivity index (χ3n) is 5.28. The molecule has 88 valence electrons. The second kappa shape index (κ2) is 1.86. The number of carbonyl (C=O) groups is 1. The predicted octanol–water partition coefficient (Wildman–Crippen LogP) is 0.350. The Hall–Kier alpha value is -0.560. The molecule has 7 heteroatoms. The van der Waals surface area contributed by atoms with Crippen LogP contribution in [0.4, 0.5) is 8.78 Å². The van der Waals surface area contributed by atoms with Crippen molar-refractivity contribution in [3.63, 3.8) is 0 Å². The van der Waals surface area contributed by atoms with Crippen LogP contribution in [0.25, 0.3) is 0 Å². The van der Waals surface area contributed by atoms with Crippen LogP contribution in [0.2, 0.25) is 0 Å². The first-order chi connectivity index (χ1) is 7.20. The smallest absolute Gasteiger partial charge is 0.335 e. The molecular formula is C9H7F2O4S-. The summed E-state index contributed by atoms with van der Waals surface area (Å²) in [7, 11) is -5.66. The average molecular weight is 249 g/mol. The van der Waals surface area contributed by atoms with Gasteiger partial charge in [-0.3, -0.25) is 4.79 Å². The summed E-state index contributed by atoms with van der Waals surface area (Å²) in [5, 5.41) is -4.30. The van der Waals surface area contributed by atoms with E-state index >= 15 is 0 Å². The van der Waals surface area contributed by atoms with E-state index in [1.165, 1.54) is 0 Å². The Labute approximate surface area is 89.8 Å². The quantitative estimate of drug-likeness (QED) is 0.676. The Bertz CT molecular complexity index is 556. The van der Waals surface area contributed by atoms with Crippen molar-refractivity contribution < 1.29 is 26.5 Å². The zero-order valence-electron chi connectivity index (χ0n) is 7.94. The van der Waals surface area contributed by atoms with Crippen LogP contribution in [-0.4, -0.2) is 24.0 Å². The maximum Gasteiger partial charge on any atom is 0.335 e. The van der Waals surface area contributed by atoms with Gasteiger partial charge < -0.3 is 4.55 Å². The maximum absolute atomic E-state index is 13.2. The lowest BCUT2D eigenvalue weighted by atomic mass is 9.44. The van der Waals surface area contributed by atoms with Crippen molar-refractivity contribution in [3.05, 3.63) is 0 Å². The molecule has 5 unspecified atom stereocenters. The van der Waals surface area contributed by atoms with Crippen molar-refractivity contribution in [3.8, 4) is 0 Å². The molecule has 4 saturated carbocycles. The number of Topliss-reactive ketones (excluding diaryl/α,β-unsaturated/α-hetero) is 1. The molecule has 0 aromatic rings. The topological polar surface area (TPSA) is 74.3 Å². The van der Waals surface area contributed by atoms with Gasteiger partial charge in [-0.25, -0.2) is 8.42 Å². The van der Waals surface area contributed by atoms with E-state index in [1.807, 2.05) is 0 Å². The van der Waals surface area contributed by atoms with Gasteiger partial charge in [0.15, 0.2) is 10.1 Å². The number of hydrogen-bond acceptors (Lipinski definition) is 4. The number of fused-ring (bicyclic) bond motifs is 2. The van der Waals surface area contributed by atoms with Crippen LogP contribution < -0.4 is 0 Å². The zero-order chi connectivity index (χ0) is 11.7. The fourth-order valence-corrected chi connectivity index (χ4v) is 5.07. The molecule has 4 nitrogen and oxygen atoms in total. The third kappa shape index (κ3) is 0.569. The standard InChI is InChI=1S/C9H8F2O4S/c10-8(11,16(13,14)15)2-7-1-3-4-5(6(7)12)9(3,4)7/h3-5H,1-2H2,(H,13,14,15)/p-1. The average Bonchev–Trinajstić information content (AvgIpc) is 2.92. The fraction of sp³-hybridized carbons (Fsp3) is 0.889. The van der Waals surface area contributed by atoms with E-state index in [9.17, 15) is 26.5 Å². The number of rotatable bonds is 3. The fourth-order valence-electron chi connectivity index (χ4n) is 4.65. The molecule has 0 aliphatic heterocycles. The van der Waals surface area contributed by atoms with Gasteiger partial charge in [-0.2, -0.15) is 8.78 Å². The first-order valence-corrected chi connectivity index (χ1v) is 6.48. The molecule has 0 aromatic heterocycles. The summed E-state index contributed by atoms with van der Waals surface area (Å²) < 4.78 is 57.6. The number of hydrogen-bond donors (Lipinski definition) is 0. The van der Waals surface area contributed by atoms with E-state index in [0.717, 1.165) is 0 Å². The molecule has 4 rings (SSSR count). The summed E-state index contributed by atoms with van der Waals surface area (Å²) in [4.78, 5) is 11.6. The van der Waals surface area contributed by atoms with Gasteiger partial charge in [0.1, 0.15) is 5.78 Å². The van der Waals surface area contributed by atoms with Gasteiger partial charge in [-0.1, -0.05) is 0 Å². The lowest BCUT2D eigenvalue weighted by Gasteiger charge is -2.58. The maximum atomic E-state index is 13.2. The SMILES string of the molecule is O=C1C2C3C4CC1(CC(F)(F)S(=O)(=O)[O-])C423. The molecule has 0 radical (unpaired) electrons. The van der Waals surface area contributed by atoms with E-state index in [2.05, 4.69) is 0 Å². The van der Waals surface area contributed by atoms with Crippen LogP contribution in [0.15, 0.2) is 0 Å². The highest BCUT2D eigenvalue weighted by atomic mass is 32.2. The van der Waals surface area contributed by atoms with Gasteiger partial charge in [0.05, 0.1) is 0 Å². The first-order valence-electron chi connectivity index (χ1n) is 5.08. The van der Waals surface area contributed by atoms with Crippen LogP contribution in [0.5, 0.6) is 0 Å². The van der Waals surface area contributed by atoms with Gasteiger partial charge in [0.25, 0.3) is 0 Å². The van der Waals surface area contributed by atoms with Crippen LogP contribution in [0, 0.1) is 28.6 Å². The van der Waals surface area contributed by atoms with Crippen LogP contribution in [-0.2, 0) is 14.9 Å². The van der Waals surface area contributed by atoms with Crippen molar-refractivity contribution in [2.75, 3.05) is 0 Å². The summed E-state index contributed by atoms with van der Waals surface area (Å²) in [5.74, 6) is 0.297. The van der Waals surface area contributed by atoms with E-state index < -0.39 is 27.2 Å². The molecule has 0 N–H and O–H groups in total. The molecular weight excluding hydrogens is 242 g/mol. The van der Waals surface area contributed by atoms with Gasteiger partial charge in [-0.05, 0) is 18.3 Å². The Kier molecular flexibility index (Phi) is 1.10. The zero-order valence-corrected chi connectivity index (χ0v) is 8.76. The molecule has 1 spiro atoms. The molecule has 0 heterocycles. The second-order valence-corrected chi connectivity index (χ2v) is 6.97. The van der Waals surface area contributed by atoms with Gasteiger partial charge in [0, 0.05) is 23.2 Å². The minimum Gasteiger partial charge on any atom is -0.743 e. The lowest BCUT2D eigenvalue weighted by Crippen LogP contribution is -2.63. The Balaban J connectivity index is 1.68. The van der Waals surface area contributed by atoms with Gasteiger partial charge in [-0.15, -0.1) is 0 Å². The summed E-state index contributed by atoms with van der Waals surface area (Å²) in [5.41, 5.74) is -1.44. The lowest BCUT2D eigenvalue weighted by molar-refractivity contribution is -0.178. The van der Waals surface area contributed by atoms with E-state index in [1.54, 1.807) is 0 Å². The molecule has 4 aliphatic rings. The summed E-state index contributed by atoms with van der Waals surface area (Å²) in [6.45, 7) is 0. The largest absolute Gasteiger partial charge is 0.743 e. The Morgan fingerprint density at radius 3 is 2.44 bits per heavy atom. The van der Waals surface area contributed by atoms with Crippen molar-refractivity contribution in [2.24, 2.45) is 28.6 Å². The van der Waals surface area contributed by atoms with Gasteiger partial charge in [0.2, 0.25) is 0 Å². The van der Waals surface area contributed by atoms with E-state index in [0.29, 0.717) is 12.3 Å². The number of carbonyl (C=O) groups excluding carboxylic acids is 1. The minimum atomic E-state index is -5.66. The predicted molar refractivity (Wildman–Crippen MR) is 44.2 cm³/mol. The van der Waals surface area contributed by atoms with Gasteiger partial charge >= 0.3 is 5.25 Å². The highest BCUT2D eigenvalue weighted by molar-refractivity contribution is 7.86. The van der Waals surface area contributed by atoms with Crippen molar-refractivity contribution in [1.82, 2.24) is 0 Å². The van der Waals surface area contributed by atoms with Crippen LogP contribution in [0.1, 0.15) is 12.8 Å². The molecule has 0 bridgehead atoms. The number of alkyl halides is 2. The van der Waals surface area contributed by atoms with E-state index in [-0.39, 0.29) is 23.0 Å². The molecule has 4 aliphatic carbocycles. The third-order valence-corrected chi connectivity index (χ3v) is 6.15. The molecule has 5 atom stereocenters. The van der Waals surface area contributed by atoms with E-state index in [4.69, 9.17) is 0 Å². The molecule has 0 amide bonds. The highest BCUT2D eigenvalue weighted by Gasteiger charge is 3.09. The molecule has 0 saturated heterocycles. The normalized spacial score (nSPS) is 55.7. The van der Waals surface area contributed by atoms with Crippen LogP contribution in [0.3, 0.4) is 0 Å². The molecule has 4 fully saturated rings. The summed E-state index contributed by atoms with van der Waals surface area (Å²) in [6.07, 6.45) is -0.730. The summed E-state index contributed by atoms with van der Waals surface area (Å²) >= 11 is 0. The molecule has 16 heavy (non-hydrogen) atoms. The number of ketones is 1. The van der Waals surface area contributed by atoms with Crippen molar-refractivity contribution in [2.45, 2.75) is 18.1 Å². The Morgan fingerprint density at radius 2 is 2.12 bits per heavy atom. The highest BCUT2D eigenvalue weighted by Crippen LogP contribution is 3.07. The van der Waals surface area contributed by atoms with Crippen molar-refractivity contribution in [1.29, 1.82) is 0 Å².